The van der Waals surface area contributed by atoms with Gasteiger partial charge in [-0.25, -0.2) is 0 Å². The molecule has 0 saturated carbocycles. The largest absolute Gasteiger partial charge is 0.361 e. The Hall–Kier alpha value is -2.08. The molecule has 25 heavy (non-hydrogen) atoms. The fraction of sp³-hybridized carbons (Fsp3) is 0.368. The molecule has 0 fully saturated rings. The summed E-state index contributed by atoms with van der Waals surface area (Å²) in [4.78, 5) is 18.5. The molecular formula is C19H20BrN3O2. The van der Waals surface area contributed by atoms with E-state index in [9.17, 15) is 4.79 Å². The zero-order chi connectivity index (χ0) is 17.7. The number of rotatable bonds is 2. The van der Waals surface area contributed by atoms with E-state index >= 15 is 0 Å². The highest BCUT2D eigenvalue weighted by atomic mass is 79.9. The average Bonchev–Trinajstić information content (AvgIpc) is 3.14. The summed E-state index contributed by atoms with van der Waals surface area (Å²) in [6, 6.07) is 6.18. The van der Waals surface area contributed by atoms with Crippen LogP contribution in [0.2, 0.25) is 0 Å². The quantitative estimate of drug-likeness (QED) is 0.698. The summed E-state index contributed by atoms with van der Waals surface area (Å²) in [6.45, 7) is 7.06. The van der Waals surface area contributed by atoms with E-state index in [4.69, 9.17) is 4.52 Å². The molecule has 1 amide bonds. The molecule has 3 aromatic rings. The van der Waals surface area contributed by atoms with Crippen molar-refractivity contribution >= 4 is 32.7 Å². The minimum Gasteiger partial charge on any atom is -0.361 e. The summed E-state index contributed by atoms with van der Waals surface area (Å²) < 4.78 is 6.29. The molecule has 0 saturated heterocycles. The predicted octanol–water partition coefficient (Wildman–Crippen LogP) is 4.22. The first-order chi connectivity index (χ1) is 12.0. The van der Waals surface area contributed by atoms with Gasteiger partial charge in [0.15, 0.2) is 0 Å². The van der Waals surface area contributed by atoms with Gasteiger partial charge in [0.2, 0.25) is 5.91 Å². The van der Waals surface area contributed by atoms with Gasteiger partial charge >= 0.3 is 0 Å². The molecule has 0 bridgehead atoms. The summed E-state index contributed by atoms with van der Waals surface area (Å²) in [5.74, 6) is 0.612. The second-order valence-corrected chi connectivity index (χ2v) is 7.57. The molecule has 4 rings (SSSR count). The summed E-state index contributed by atoms with van der Waals surface area (Å²) >= 11 is 3.60. The van der Waals surface area contributed by atoms with Crippen LogP contribution in [-0.4, -0.2) is 27.5 Å². The van der Waals surface area contributed by atoms with Gasteiger partial charge in [-0.15, -0.1) is 0 Å². The number of nitrogens with one attached hydrogen (secondary N) is 1. The number of aromatic amines is 1. The van der Waals surface area contributed by atoms with Crippen LogP contribution in [0.1, 0.15) is 41.1 Å². The third kappa shape index (κ3) is 2.59. The smallest absolute Gasteiger partial charge is 0.230 e. The van der Waals surface area contributed by atoms with Gasteiger partial charge in [-0.1, -0.05) is 17.3 Å². The van der Waals surface area contributed by atoms with Crippen LogP contribution in [0.15, 0.2) is 27.2 Å². The second kappa shape index (κ2) is 6.02. The zero-order valence-electron chi connectivity index (χ0n) is 14.5. The molecule has 0 aliphatic carbocycles. The number of aryl methyl sites for hydroxylation is 2. The van der Waals surface area contributed by atoms with Crippen LogP contribution in [0.5, 0.6) is 0 Å². The van der Waals surface area contributed by atoms with E-state index in [2.05, 4.69) is 32.1 Å². The molecule has 0 radical (unpaired) electrons. The summed E-state index contributed by atoms with van der Waals surface area (Å²) in [6.07, 6.45) is 0.844. The maximum atomic E-state index is 13.1. The third-order valence-electron chi connectivity index (χ3n) is 5.16. The van der Waals surface area contributed by atoms with Crippen molar-refractivity contribution in [3.8, 4) is 0 Å². The Morgan fingerprint density at radius 3 is 2.92 bits per heavy atom. The van der Waals surface area contributed by atoms with E-state index in [0.29, 0.717) is 6.54 Å². The normalized spacial score (nSPS) is 15.4. The standard InChI is InChI=1S/C19H20BrN3O2/c1-10(17-11(2)22-25-12(17)3)19(24)23-8-7-16-14(9-23)13-5-4-6-15(20)18(13)21-16/h4-6,10,21H,7-9H2,1-3H3/t10-/m0/s1. The molecule has 130 valence electrons. The zero-order valence-corrected chi connectivity index (χ0v) is 16.1. The number of hydrogen-bond acceptors (Lipinski definition) is 3. The Bertz CT molecular complexity index is 953. The van der Waals surface area contributed by atoms with Crippen LogP contribution in [0.25, 0.3) is 10.9 Å². The fourth-order valence-electron chi connectivity index (χ4n) is 3.90. The number of benzene rings is 1. The number of nitrogens with zero attached hydrogens (tertiary/aromatic N) is 2. The molecule has 3 heterocycles. The lowest BCUT2D eigenvalue weighted by Gasteiger charge is -2.29. The lowest BCUT2D eigenvalue weighted by atomic mass is 9.96. The van der Waals surface area contributed by atoms with Crippen LogP contribution >= 0.6 is 15.9 Å². The Labute approximate surface area is 154 Å². The molecule has 1 aliphatic rings. The van der Waals surface area contributed by atoms with Gasteiger partial charge in [-0.05, 0) is 42.8 Å². The number of H-pyrrole nitrogens is 1. The van der Waals surface area contributed by atoms with Crippen molar-refractivity contribution in [3.05, 3.63) is 50.9 Å². The van der Waals surface area contributed by atoms with E-state index in [1.54, 1.807) is 0 Å². The maximum Gasteiger partial charge on any atom is 0.230 e. The number of fused-ring (bicyclic) bond motifs is 3. The van der Waals surface area contributed by atoms with Crippen LogP contribution in [-0.2, 0) is 17.8 Å². The van der Waals surface area contributed by atoms with Crippen molar-refractivity contribution in [1.29, 1.82) is 0 Å². The van der Waals surface area contributed by atoms with Gasteiger partial charge in [-0.3, -0.25) is 4.79 Å². The number of carbonyl (C=O) groups excluding carboxylic acids is 1. The number of halogens is 1. The first kappa shape index (κ1) is 16.4. The Morgan fingerprint density at radius 1 is 1.40 bits per heavy atom. The molecule has 1 aliphatic heterocycles. The second-order valence-electron chi connectivity index (χ2n) is 6.71. The molecule has 6 heteroatoms. The van der Waals surface area contributed by atoms with Crippen LogP contribution in [0.4, 0.5) is 0 Å². The average molecular weight is 402 g/mol. The molecule has 1 aromatic carbocycles. The highest BCUT2D eigenvalue weighted by molar-refractivity contribution is 9.10. The van der Waals surface area contributed by atoms with Crippen molar-refractivity contribution in [1.82, 2.24) is 15.0 Å². The topological polar surface area (TPSA) is 62.1 Å². The van der Waals surface area contributed by atoms with Crippen molar-refractivity contribution in [2.75, 3.05) is 6.54 Å². The van der Waals surface area contributed by atoms with Crippen LogP contribution in [0.3, 0.4) is 0 Å². The lowest BCUT2D eigenvalue weighted by Crippen LogP contribution is -2.38. The van der Waals surface area contributed by atoms with Crippen molar-refractivity contribution < 1.29 is 9.32 Å². The molecule has 1 N–H and O–H groups in total. The number of carbonyl (C=O) groups is 1. The lowest BCUT2D eigenvalue weighted by molar-refractivity contribution is -0.133. The number of aromatic nitrogens is 2. The van der Waals surface area contributed by atoms with Crippen molar-refractivity contribution in [3.63, 3.8) is 0 Å². The SMILES string of the molecule is Cc1noc(C)c1[C@H](C)C(=O)N1CCc2[nH]c3c(Br)cccc3c2C1. The van der Waals surface area contributed by atoms with E-state index in [1.807, 2.05) is 37.8 Å². The molecule has 2 aromatic heterocycles. The molecule has 0 unspecified atom stereocenters. The highest BCUT2D eigenvalue weighted by Crippen LogP contribution is 2.33. The van der Waals surface area contributed by atoms with Gasteiger partial charge in [-0.2, -0.15) is 0 Å². The number of hydrogen-bond donors (Lipinski definition) is 1. The van der Waals surface area contributed by atoms with Gasteiger partial charge in [0.05, 0.1) is 17.1 Å². The Kier molecular flexibility index (Phi) is 3.95. The minimum absolute atomic E-state index is 0.129. The number of amides is 1. The Balaban J connectivity index is 1.65. The molecule has 0 spiro atoms. The summed E-state index contributed by atoms with van der Waals surface area (Å²) in [5.41, 5.74) is 5.28. The summed E-state index contributed by atoms with van der Waals surface area (Å²) in [5, 5.41) is 5.17. The molecule has 5 nitrogen and oxygen atoms in total. The van der Waals surface area contributed by atoms with E-state index < -0.39 is 0 Å². The van der Waals surface area contributed by atoms with Crippen molar-refractivity contribution in [2.24, 2.45) is 0 Å². The van der Waals surface area contributed by atoms with Crippen molar-refractivity contribution in [2.45, 2.75) is 39.7 Å². The Morgan fingerprint density at radius 2 is 2.20 bits per heavy atom. The maximum absolute atomic E-state index is 13.1. The van der Waals surface area contributed by atoms with E-state index in [0.717, 1.165) is 40.0 Å². The third-order valence-corrected chi connectivity index (χ3v) is 5.82. The predicted molar refractivity (Wildman–Crippen MR) is 99.5 cm³/mol. The monoisotopic (exact) mass is 401 g/mol. The molecule has 1 atom stereocenters. The van der Waals surface area contributed by atoms with Gasteiger partial charge in [0, 0.05) is 46.2 Å². The first-order valence-electron chi connectivity index (χ1n) is 8.47. The van der Waals surface area contributed by atoms with Gasteiger partial charge < -0.3 is 14.4 Å². The van der Waals surface area contributed by atoms with Crippen LogP contribution < -0.4 is 0 Å². The van der Waals surface area contributed by atoms with Gasteiger partial charge in [0.1, 0.15) is 5.76 Å². The van der Waals surface area contributed by atoms with Gasteiger partial charge in [0.25, 0.3) is 0 Å². The molecular weight excluding hydrogens is 382 g/mol. The number of para-hydroxylation sites is 1. The first-order valence-corrected chi connectivity index (χ1v) is 9.26. The highest BCUT2D eigenvalue weighted by Gasteiger charge is 2.30. The van der Waals surface area contributed by atoms with E-state index in [-0.39, 0.29) is 11.8 Å². The van der Waals surface area contributed by atoms with Crippen LogP contribution in [0, 0.1) is 13.8 Å². The summed E-state index contributed by atoms with van der Waals surface area (Å²) in [7, 11) is 0. The fourth-order valence-corrected chi connectivity index (χ4v) is 4.36. The minimum atomic E-state index is -0.246. The van der Waals surface area contributed by atoms with E-state index in [1.165, 1.54) is 16.6 Å².